The summed E-state index contributed by atoms with van der Waals surface area (Å²) in [5.41, 5.74) is 0.429. The van der Waals surface area contributed by atoms with Gasteiger partial charge in [0.2, 0.25) is 0 Å². The van der Waals surface area contributed by atoms with Gasteiger partial charge in [-0.05, 0) is 51.0 Å². The molecule has 1 fully saturated rings. The largest absolute Gasteiger partial charge is 0.494 e. The molecule has 0 unspecified atom stereocenters. The third-order valence-corrected chi connectivity index (χ3v) is 4.97. The molecular weight excluding hydrogens is 283 g/mol. The zero-order valence-corrected chi connectivity index (χ0v) is 14.5. The normalized spacial score (nSPS) is 19.8. The van der Waals surface area contributed by atoms with Gasteiger partial charge < -0.3 is 14.0 Å². The van der Waals surface area contributed by atoms with E-state index < -0.39 is 0 Å². The van der Waals surface area contributed by atoms with Crippen LogP contribution in [0.4, 0.5) is 0 Å². The molecule has 1 aliphatic rings. The van der Waals surface area contributed by atoms with Gasteiger partial charge in [0.05, 0.1) is 17.8 Å². The Morgan fingerprint density at radius 3 is 2.14 bits per heavy atom. The van der Waals surface area contributed by atoms with E-state index in [1.54, 1.807) is 0 Å². The summed E-state index contributed by atoms with van der Waals surface area (Å²) in [4.78, 5) is 0. The average Bonchev–Trinajstić information content (AvgIpc) is 2.64. The van der Waals surface area contributed by atoms with E-state index in [1.807, 2.05) is 36.0 Å². The summed E-state index contributed by atoms with van der Waals surface area (Å²) >= 11 is 1.89. The van der Waals surface area contributed by atoms with Crippen LogP contribution in [0.1, 0.15) is 34.6 Å². The van der Waals surface area contributed by atoms with E-state index in [9.17, 15) is 0 Å². The number of hydrogen-bond donors (Lipinski definition) is 0. The van der Waals surface area contributed by atoms with Crippen molar-refractivity contribution in [3.05, 3.63) is 24.3 Å². The van der Waals surface area contributed by atoms with Crippen LogP contribution in [0.3, 0.4) is 0 Å². The van der Waals surface area contributed by atoms with Gasteiger partial charge in [0.15, 0.2) is 0 Å². The van der Waals surface area contributed by atoms with Gasteiger partial charge in [0.25, 0.3) is 0 Å². The predicted octanol–water partition coefficient (Wildman–Crippen LogP) is 3.12. The third kappa shape index (κ3) is 3.96. The van der Waals surface area contributed by atoms with Gasteiger partial charge >= 0.3 is 7.12 Å². The van der Waals surface area contributed by atoms with Crippen LogP contribution in [0.15, 0.2) is 24.3 Å². The van der Waals surface area contributed by atoms with Crippen LogP contribution >= 0.6 is 11.8 Å². The lowest BCUT2D eigenvalue weighted by molar-refractivity contribution is 0.00578. The van der Waals surface area contributed by atoms with Crippen LogP contribution in [0, 0.1) is 0 Å². The average molecular weight is 308 g/mol. The van der Waals surface area contributed by atoms with Gasteiger partial charge in [0.1, 0.15) is 5.75 Å². The summed E-state index contributed by atoms with van der Waals surface area (Å²) in [6.45, 7) is 11.2. The highest BCUT2D eigenvalue weighted by Crippen LogP contribution is 2.36. The lowest BCUT2D eigenvalue weighted by atomic mass is 9.79. The molecular formula is C16H25BO3S. The molecule has 21 heavy (non-hydrogen) atoms. The molecule has 1 aromatic rings. The molecule has 1 aromatic carbocycles. The topological polar surface area (TPSA) is 27.7 Å². The van der Waals surface area contributed by atoms with Gasteiger partial charge in [-0.1, -0.05) is 19.1 Å². The molecule has 1 heterocycles. The van der Waals surface area contributed by atoms with Crippen molar-refractivity contribution in [3.63, 3.8) is 0 Å². The lowest BCUT2D eigenvalue weighted by Gasteiger charge is -2.32. The Morgan fingerprint density at radius 1 is 1.05 bits per heavy atom. The summed E-state index contributed by atoms with van der Waals surface area (Å²) in [7, 11) is -0.306. The summed E-state index contributed by atoms with van der Waals surface area (Å²) < 4.78 is 17.8. The van der Waals surface area contributed by atoms with E-state index in [0.29, 0.717) is 0 Å². The molecule has 1 aliphatic heterocycles. The van der Waals surface area contributed by atoms with E-state index in [0.717, 1.165) is 29.3 Å². The van der Waals surface area contributed by atoms with E-state index in [1.165, 1.54) is 0 Å². The fourth-order valence-electron chi connectivity index (χ4n) is 2.06. The number of ether oxygens (including phenoxy) is 1. The first kappa shape index (κ1) is 16.7. The molecule has 116 valence electrons. The van der Waals surface area contributed by atoms with Crippen LogP contribution in [0.5, 0.6) is 5.75 Å². The molecule has 1 saturated heterocycles. The van der Waals surface area contributed by atoms with E-state index in [4.69, 9.17) is 14.0 Å². The molecule has 0 aliphatic carbocycles. The molecule has 0 radical (unpaired) electrons. The second-order valence-electron chi connectivity index (χ2n) is 6.20. The van der Waals surface area contributed by atoms with Gasteiger partial charge in [-0.25, -0.2) is 0 Å². The van der Waals surface area contributed by atoms with Crippen LogP contribution in [0.25, 0.3) is 0 Å². The fourth-order valence-corrected chi connectivity index (χ4v) is 2.55. The third-order valence-electron chi connectivity index (χ3n) is 4.11. The van der Waals surface area contributed by atoms with E-state index >= 15 is 0 Å². The number of hydrogen-bond acceptors (Lipinski definition) is 4. The Labute approximate surface area is 132 Å². The van der Waals surface area contributed by atoms with Crippen LogP contribution in [-0.4, -0.2) is 36.4 Å². The molecule has 0 spiro atoms. The number of thioether (sulfide) groups is 1. The van der Waals surface area contributed by atoms with Crippen molar-refractivity contribution in [2.45, 2.75) is 45.8 Å². The molecule has 0 bridgehead atoms. The molecule has 0 N–H and O–H groups in total. The molecule has 5 heteroatoms. The van der Waals surface area contributed by atoms with Gasteiger partial charge in [-0.15, -0.1) is 0 Å². The SMILES string of the molecule is CCSCCOc1ccc(B2OC(C)(C)C(C)(C)O2)cc1. The monoisotopic (exact) mass is 308 g/mol. The van der Waals surface area contributed by atoms with Gasteiger partial charge in [0, 0.05) is 5.75 Å². The first-order chi connectivity index (χ1) is 9.86. The minimum absolute atomic E-state index is 0.301. The highest BCUT2D eigenvalue weighted by molar-refractivity contribution is 7.99. The maximum Gasteiger partial charge on any atom is 0.494 e. The van der Waals surface area contributed by atoms with Crippen molar-refractivity contribution in [1.82, 2.24) is 0 Å². The minimum atomic E-state index is -0.306. The fraction of sp³-hybridized carbons (Fsp3) is 0.625. The van der Waals surface area contributed by atoms with Crippen molar-refractivity contribution in [2.75, 3.05) is 18.1 Å². The first-order valence-electron chi connectivity index (χ1n) is 7.52. The molecule has 0 atom stereocenters. The van der Waals surface area contributed by atoms with Crippen molar-refractivity contribution in [3.8, 4) is 5.75 Å². The first-order valence-corrected chi connectivity index (χ1v) is 8.67. The standard InChI is InChI=1S/C16H25BO3S/c1-6-21-12-11-18-14-9-7-13(8-10-14)17-19-15(2,3)16(4,5)20-17/h7-10H,6,11-12H2,1-5H3. The second kappa shape index (κ2) is 6.63. The summed E-state index contributed by atoms with van der Waals surface area (Å²) in [5.74, 6) is 3.05. The van der Waals surface area contributed by atoms with Crippen LogP contribution in [0.2, 0.25) is 0 Å². The maximum atomic E-state index is 6.04. The van der Waals surface area contributed by atoms with Gasteiger partial charge in [-0.3, -0.25) is 0 Å². The van der Waals surface area contributed by atoms with Crippen molar-refractivity contribution >= 4 is 24.3 Å². The minimum Gasteiger partial charge on any atom is -0.493 e. The zero-order chi connectivity index (χ0) is 15.5. The number of benzene rings is 1. The highest BCUT2D eigenvalue weighted by Gasteiger charge is 2.51. The number of rotatable bonds is 6. The smallest absolute Gasteiger partial charge is 0.493 e. The summed E-state index contributed by atoms with van der Waals surface area (Å²) in [6, 6.07) is 8.00. The van der Waals surface area contributed by atoms with Crippen LogP contribution in [-0.2, 0) is 9.31 Å². The van der Waals surface area contributed by atoms with E-state index in [2.05, 4.69) is 34.6 Å². The van der Waals surface area contributed by atoms with Crippen LogP contribution < -0.4 is 10.2 Å². The Balaban J connectivity index is 1.94. The van der Waals surface area contributed by atoms with Gasteiger partial charge in [-0.2, -0.15) is 11.8 Å². The zero-order valence-electron chi connectivity index (χ0n) is 13.6. The highest BCUT2D eigenvalue weighted by atomic mass is 32.2. The van der Waals surface area contributed by atoms with E-state index in [-0.39, 0.29) is 18.3 Å². The Kier molecular flexibility index (Phi) is 5.28. The van der Waals surface area contributed by atoms with Crippen molar-refractivity contribution in [2.24, 2.45) is 0 Å². The van der Waals surface area contributed by atoms with Crippen molar-refractivity contribution < 1.29 is 14.0 Å². The van der Waals surface area contributed by atoms with Crippen molar-refractivity contribution in [1.29, 1.82) is 0 Å². The Morgan fingerprint density at radius 2 is 1.62 bits per heavy atom. The summed E-state index contributed by atoms with van der Waals surface area (Å²) in [5, 5.41) is 0. The Hall–Kier alpha value is -0.645. The predicted molar refractivity (Wildman–Crippen MR) is 90.7 cm³/mol. The maximum absolute atomic E-state index is 6.04. The quantitative estimate of drug-likeness (QED) is 0.596. The molecule has 0 saturated carbocycles. The molecule has 0 amide bonds. The molecule has 3 nitrogen and oxygen atoms in total. The molecule has 2 rings (SSSR count). The summed E-state index contributed by atoms with van der Waals surface area (Å²) in [6.07, 6.45) is 0. The Bertz CT molecular complexity index is 443. The lowest BCUT2D eigenvalue weighted by Crippen LogP contribution is -2.41. The second-order valence-corrected chi connectivity index (χ2v) is 7.60. The molecule has 0 aromatic heterocycles.